The number of ether oxygens (including phenoxy) is 2. The van der Waals surface area contributed by atoms with Crippen LogP contribution in [0, 0.1) is 0 Å². The molecule has 0 aliphatic heterocycles. The number of methoxy groups -OCH3 is 2. The summed E-state index contributed by atoms with van der Waals surface area (Å²) in [5, 5.41) is 1.84. The van der Waals surface area contributed by atoms with Gasteiger partial charge in [0.1, 0.15) is 0 Å². The van der Waals surface area contributed by atoms with Crippen molar-refractivity contribution in [3.63, 3.8) is 0 Å². The highest BCUT2D eigenvalue weighted by molar-refractivity contribution is 6.33. The van der Waals surface area contributed by atoms with E-state index < -0.39 is 11.9 Å². The predicted molar refractivity (Wildman–Crippen MR) is 125 cm³/mol. The maximum Gasteiger partial charge on any atom is 0.339 e. The lowest BCUT2D eigenvalue weighted by Gasteiger charge is -2.11. The number of rotatable bonds is 5. The van der Waals surface area contributed by atoms with Gasteiger partial charge < -0.3 is 14.0 Å². The largest absolute Gasteiger partial charge is 0.465 e. The highest BCUT2D eigenvalue weighted by Gasteiger charge is 2.15. The van der Waals surface area contributed by atoms with Gasteiger partial charge in [-0.05, 0) is 66.1 Å². The minimum Gasteiger partial charge on any atom is -0.465 e. The zero-order valence-electron chi connectivity index (χ0n) is 17.4. The van der Waals surface area contributed by atoms with Crippen LogP contribution in [-0.4, -0.2) is 30.7 Å². The van der Waals surface area contributed by atoms with Gasteiger partial charge in [-0.1, -0.05) is 35.3 Å². The molecule has 0 radical (unpaired) electrons. The third kappa shape index (κ3) is 4.22. The molecule has 0 aliphatic carbocycles. The molecule has 0 bridgehead atoms. The summed E-state index contributed by atoms with van der Waals surface area (Å²) in [6, 6.07) is 18.5. The fraction of sp³-hybridized carbons (Fsp3) is 0.120. The van der Waals surface area contributed by atoms with Crippen LogP contribution in [0.3, 0.4) is 0 Å². The van der Waals surface area contributed by atoms with E-state index in [0.29, 0.717) is 27.6 Å². The van der Waals surface area contributed by atoms with Crippen molar-refractivity contribution in [1.29, 1.82) is 0 Å². The number of carbonyl (C=O) groups excluding carboxylic acids is 2. The quantitative estimate of drug-likeness (QED) is 0.332. The van der Waals surface area contributed by atoms with Crippen molar-refractivity contribution in [2.75, 3.05) is 14.2 Å². The highest BCUT2D eigenvalue weighted by atomic mass is 35.5. The highest BCUT2D eigenvalue weighted by Crippen LogP contribution is 2.27. The van der Waals surface area contributed by atoms with Gasteiger partial charge >= 0.3 is 11.9 Å². The Balaban J connectivity index is 1.69. The van der Waals surface area contributed by atoms with Crippen LogP contribution in [0.5, 0.6) is 0 Å². The first-order chi connectivity index (χ1) is 15.4. The second kappa shape index (κ2) is 9.07. The zero-order valence-corrected chi connectivity index (χ0v) is 18.9. The molecule has 4 rings (SSSR count). The Morgan fingerprint density at radius 1 is 0.844 bits per heavy atom. The van der Waals surface area contributed by atoms with E-state index in [1.807, 2.05) is 41.1 Å². The van der Waals surface area contributed by atoms with Crippen LogP contribution >= 0.6 is 23.2 Å². The molecule has 3 aromatic carbocycles. The number of esters is 2. The third-order valence-corrected chi connectivity index (χ3v) is 5.82. The van der Waals surface area contributed by atoms with Gasteiger partial charge in [0.15, 0.2) is 0 Å². The van der Waals surface area contributed by atoms with Crippen LogP contribution < -0.4 is 0 Å². The standard InChI is InChI=1S/C25H19Cl2NO4/c1-31-24(29)20-13-18(26)5-4-16(20)11-15-3-8-23-17(12-15)9-10-28(23)19-6-7-22(27)21(14-19)25(30)32-2/h3-10,12-14H,11H2,1-2H3. The van der Waals surface area contributed by atoms with Gasteiger partial charge in [0.05, 0.1) is 35.9 Å². The molecule has 7 heteroatoms. The van der Waals surface area contributed by atoms with Crippen molar-refractivity contribution in [2.45, 2.75) is 6.42 Å². The smallest absolute Gasteiger partial charge is 0.339 e. The topological polar surface area (TPSA) is 57.5 Å². The first kappa shape index (κ1) is 21.9. The number of nitrogens with zero attached hydrogens (tertiary/aromatic N) is 1. The SMILES string of the molecule is COC(=O)c1cc(-n2ccc3cc(Cc4ccc(Cl)cc4C(=O)OC)ccc32)ccc1Cl. The molecule has 32 heavy (non-hydrogen) atoms. The molecule has 0 aliphatic rings. The number of fused-ring (bicyclic) bond motifs is 1. The molecular weight excluding hydrogens is 449 g/mol. The Hall–Kier alpha value is -3.28. The van der Waals surface area contributed by atoms with Gasteiger partial charge in [-0.25, -0.2) is 9.59 Å². The van der Waals surface area contributed by atoms with Gasteiger partial charge in [-0.2, -0.15) is 0 Å². The minimum atomic E-state index is -0.486. The van der Waals surface area contributed by atoms with Gasteiger partial charge in [0.2, 0.25) is 0 Å². The van der Waals surface area contributed by atoms with E-state index in [4.69, 9.17) is 32.7 Å². The molecule has 0 fully saturated rings. The molecule has 0 unspecified atom stereocenters. The van der Waals surface area contributed by atoms with Gasteiger partial charge in [-0.3, -0.25) is 0 Å². The molecule has 5 nitrogen and oxygen atoms in total. The molecule has 1 aromatic heterocycles. The van der Waals surface area contributed by atoms with E-state index in [2.05, 4.69) is 6.07 Å². The summed E-state index contributed by atoms with van der Waals surface area (Å²) in [6.45, 7) is 0. The number of hydrogen-bond acceptors (Lipinski definition) is 4. The van der Waals surface area contributed by atoms with Crippen molar-refractivity contribution in [2.24, 2.45) is 0 Å². The maximum atomic E-state index is 12.1. The number of carbonyl (C=O) groups is 2. The zero-order chi connectivity index (χ0) is 22.8. The average molecular weight is 468 g/mol. The second-order valence-electron chi connectivity index (χ2n) is 7.20. The summed E-state index contributed by atoms with van der Waals surface area (Å²) >= 11 is 12.2. The van der Waals surface area contributed by atoms with Crippen LogP contribution in [0.25, 0.3) is 16.6 Å². The summed E-state index contributed by atoms with van der Waals surface area (Å²) in [7, 11) is 2.67. The van der Waals surface area contributed by atoms with Crippen LogP contribution in [0.15, 0.2) is 66.9 Å². The van der Waals surface area contributed by atoms with E-state index in [1.165, 1.54) is 14.2 Å². The fourth-order valence-corrected chi connectivity index (χ4v) is 4.05. The lowest BCUT2D eigenvalue weighted by molar-refractivity contribution is 0.0591. The molecule has 0 N–H and O–H groups in total. The van der Waals surface area contributed by atoms with Gasteiger partial charge in [0.25, 0.3) is 0 Å². The van der Waals surface area contributed by atoms with Gasteiger partial charge in [-0.15, -0.1) is 0 Å². The van der Waals surface area contributed by atoms with E-state index in [0.717, 1.165) is 27.7 Å². The van der Waals surface area contributed by atoms with Crippen molar-refractivity contribution >= 4 is 46.0 Å². The minimum absolute atomic E-state index is 0.309. The first-order valence-electron chi connectivity index (χ1n) is 9.76. The Morgan fingerprint density at radius 3 is 2.34 bits per heavy atom. The average Bonchev–Trinajstić information content (AvgIpc) is 3.22. The third-order valence-electron chi connectivity index (χ3n) is 5.26. The van der Waals surface area contributed by atoms with Gasteiger partial charge in [0, 0.05) is 22.3 Å². The molecule has 1 heterocycles. The summed E-state index contributed by atoms with van der Waals surface area (Å²) < 4.78 is 11.7. The summed E-state index contributed by atoms with van der Waals surface area (Å²) in [6.07, 6.45) is 2.48. The molecule has 0 spiro atoms. The first-order valence-corrected chi connectivity index (χ1v) is 10.5. The fourth-order valence-electron chi connectivity index (χ4n) is 3.68. The summed E-state index contributed by atoms with van der Waals surface area (Å²) in [4.78, 5) is 24.1. The maximum absolute atomic E-state index is 12.1. The molecule has 0 amide bonds. The number of aromatic nitrogens is 1. The monoisotopic (exact) mass is 467 g/mol. The van der Waals surface area contributed by atoms with E-state index in [1.54, 1.807) is 24.3 Å². The predicted octanol–water partition coefficient (Wildman–Crippen LogP) is 6.10. The lowest BCUT2D eigenvalue weighted by Crippen LogP contribution is -2.06. The van der Waals surface area contributed by atoms with Crippen molar-refractivity contribution in [3.8, 4) is 5.69 Å². The molecule has 4 aromatic rings. The van der Waals surface area contributed by atoms with Crippen LogP contribution in [0.1, 0.15) is 31.8 Å². The molecule has 0 atom stereocenters. The van der Waals surface area contributed by atoms with Crippen molar-refractivity contribution in [1.82, 2.24) is 4.57 Å². The van der Waals surface area contributed by atoms with E-state index >= 15 is 0 Å². The Bertz CT molecular complexity index is 1340. The number of benzene rings is 3. The Kier molecular flexibility index (Phi) is 6.21. The molecule has 0 saturated carbocycles. The molecule has 162 valence electrons. The summed E-state index contributed by atoms with van der Waals surface area (Å²) in [5.41, 5.74) is 4.39. The number of halogens is 2. The van der Waals surface area contributed by atoms with Crippen molar-refractivity contribution in [3.05, 3.63) is 99.2 Å². The Labute approximate surface area is 195 Å². The van der Waals surface area contributed by atoms with Crippen LogP contribution in [0.4, 0.5) is 0 Å². The summed E-state index contributed by atoms with van der Waals surface area (Å²) in [5.74, 6) is -0.904. The molecule has 0 saturated heterocycles. The normalized spacial score (nSPS) is 10.9. The Morgan fingerprint density at radius 2 is 1.59 bits per heavy atom. The van der Waals surface area contributed by atoms with Crippen LogP contribution in [-0.2, 0) is 15.9 Å². The van der Waals surface area contributed by atoms with Crippen molar-refractivity contribution < 1.29 is 19.1 Å². The molecular formula is C25H19Cl2NO4. The van der Waals surface area contributed by atoms with Crippen LogP contribution in [0.2, 0.25) is 10.0 Å². The second-order valence-corrected chi connectivity index (χ2v) is 8.05. The van der Waals surface area contributed by atoms with E-state index in [9.17, 15) is 9.59 Å². The lowest BCUT2D eigenvalue weighted by atomic mass is 9.99. The van der Waals surface area contributed by atoms with E-state index in [-0.39, 0.29) is 0 Å². The number of hydrogen-bond donors (Lipinski definition) is 0.